The molecule has 1 aromatic rings. The maximum Gasteiger partial charge on any atom is 0.256 e. The number of carbonyl (C=O) groups is 1. The minimum absolute atomic E-state index is 0.0559. The van der Waals surface area contributed by atoms with E-state index in [9.17, 15) is 9.59 Å². The molecule has 132 valence electrons. The Morgan fingerprint density at radius 1 is 1.21 bits per heavy atom. The largest absolute Gasteiger partial charge is 0.381 e. The molecule has 0 spiro atoms. The third kappa shape index (κ3) is 3.70. The first-order valence-corrected chi connectivity index (χ1v) is 8.70. The third-order valence-electron chi connectivity index (χ3n) is 5.32. The molecular weight excluding hydrogens is 308 g/mol. The van der Waals surface area contributed by atoms with Gasteiger partial charge in [-0.3, -0.25) is 9.59 Å². The van der Waals surface area contributed by atoms with Gasteiger partial charge in [-0.1, -0.05) is 0 Å². The van der Waals surface area contributed by atoms with Gasteiger partial charge in [0.25, 0.3) is 5.91 Å². The Balaban J connectivity index is 1.74. The number of hydrogen-bond acceptors (Lipinski definition) is 4. The van der Waals surface area contributed by atoms with Crippen LogP contribution in [0.5, 0.6) is 0 Å². The number of hydrogen-bond donors (Lipinski definition) is 1. The fourth-order valence-electron chi connectivity index (χ4n) is 3.69. The normalized spacial score (nSPS) is 25.4. The van der Waals surface area contributed by atoms with Gasteiger partial charge in [-0.05, 0) is 32.1 Å². The van der Waals surface area contributed by atoms with Gasteiger partial charge in [0.15, 0.2) is 5.43 Å². The van der Waals surface area contributed by atoms with E-state index in [1.807, 2.05) is 14.0 Å². The lowest BCUT2D eigenvalue weighted by Gasteiger charge is -2.39. The molecule has 3 heterocycles. The lowest BCUT2D eigenvalue weighted by molar-refractivity contribution is -0.0259. The zero-order chi connectivity index (χ0) is 17.1. The molecule has 2 fully saturated rings. The molecule has 2 saturated heterocycles. The van der Waals surface area contributed by atoms with Gasteiger partial charge in [-0.25, -0.2) is 0 Å². The molecule has 0 unspecified atom stereocenters. The second-order valence-electron chi connectivity index (χ2n) is 6.86. The number of aryl methyl sites for hydroxylation is 2. The molecule has 0 radical (unpaired) electrons. The number of nitrogens with zero attached hydrogens (tertiary/aromatic N) is 1. The molecule has 6 nitrogen and oxygen atoms in total. The van der Waals surface area contributed by atoms with E-state index in [4.69, 9.17) is 9.47 Å². The number of nitrogens with one attached hydrogen (secondary N) is 1. The summed E-state index contributed by atoms with van der Waals surface area (Å²) in [6, 6.07) is 1.56. The van der Waals surface area contributed by atoms with Gasteiger partial charge in [0.2, 0.25) is 0 Å². The van der Waals surface area contributed by atoms with Crippen LogP contribution in [0.2, 0.25) is 0 Å². The van der Waals surface area contributed by atoms with Gasteiger partial charge in [-0.2, -0.15) is 0 Å². The highest BCUT2D eigenvalue weighted by Crippen LogP contribution is 2.30. The van der Waals surface area contributed by atoms with Gasteiger partial charge in [0, 0.05) is 56.8 Å². The minimum Gasteiger partial charge on any atom is -0.381 e. The van der Waals surface area contributed by atoms with Crippen molar-refractivity contribution < 1.29 is 14.3 Å². The smallest absolute Gasteiger partial charge is 0.256 e. The first-order chi connectivity index (χ1) is 11.6. The van der Waals surface area contributed by atoms with Crippen LogP contribution in [0.15, 0.2) is 17.1 Å². The Hall–Kier alpha value is -1.66. The van der Waals surface area contributed by atoms with Gasteiger partial charge in [0.05, 0.1) is 6.61 Å². The van der Waals surface area contributed by atoms with Crippen molar-refractivity contribution in [3.05, 3.63) is 33.7 Å². The van der Waals surface area contributed by atoms with E-state index in [0.717, 1.165) is 38.2 Å². The molecule has 2 atom stereocenters. The summed E-state index contributed by atoms with van der Waals surface area (Å²) in [6.45, 7) is 4.72. The number of ether oxygens (including phenoxy) is 2. The predicted octanol–water partition coefficient (Wildman–Crippen LogP) is 1.26. The molecule has 1 aromatic heterocycles. The summed E-state index contributed by atoms with van der Waals surface area (Å²) in [7, 11) is 1.84. The van der Waals surface area contributed by atoms with Crippen LogP contribution in [-0.4, -0.2) is 42.9 Å². The van der Waals surface area contributed by atoms with Crippen molar-refractivity contribution in [3.63, 3.8) is 0 Å². The summed E-state index contributed by atoms with van der Waals surface area (Å²) in [5, 5.41) is 3.10. The molecule has 0 bridgehead atoms. The van der Waals surface area contributed by atoms with Crippen molar-refractivity contribution in [1.29, 1.82) is 0 Å². The summed E-state index contributed by atoms with van der Waals surface area (Å²) in [4.78, 5) is 24.8. The van der Waals surface area contributed by atoms with Crippen LogP contribution in [0.25, 0.3) is 0 Å². The summed E-state index contributed by atoms with van der Waals surface area (Å²) in [5.41, 5.74) is 0.820. The van der Waals surface area contributed by atoms with Crippen LogP contribution in [-0.2, 0) is 16.5 Å². The van der Waals surface area contributed by atoms with Crippen LogP contribution in [0.4, 0.5) is 0 Å². The van der Waals surface area contributed by atoms with E-state index in [1.54, 1.807) is 10.8 Å². The van der Waals surface area contributed by atoms with Crippen LogP contribution in [0, 0.1) is 18.8 Å². The van der Waals surface area contributed by atoms with E-state index in [-0.39, 0.29) is 22.9 Å². The first kappa shape index (κ1) is 17.2. The Morgan fingerprint density at radius 2 is 1.92 bits per heavy atom. The Morgan fingerprint density at radius 3 is 2.67 bits per heavy atom. The number of aromatic nitrogens is 1. The average molecular weight is 334 g/mol. The molecule has 0 aliphatic carbocycles. The Bertz CT molecular complexity index is 649. The second kappa shape index (κ2) is 7.49. The SMILES string of the molecule is Cc1cc(=O)c(C(=O)N[C@@H]2CCOC[C@@H]2C2CCOCC2)cn1C. The molecule has 24 heavy (non-hydrogen) atoms. The second-order valence-corrected chi connectivity index (χ2v) is 6.86. The van der Waals surface area contributed by atoms with Crippen molar-refractivity contribution in [2.45, 2.75) is 32.2 Å². The standard InChI is InChI=1S/C18H26N2O4/c1-12-9-17(21)14(10-20(12)2)18(22)19-16-5-8-24-11-15(16)13-3-6-23-7-4-13/h9-10,13,15-16H,3-8,11H2,1-2H3,(H,19,22)/t15-,16-/m1/s1. The summed E-state index contributed by atoms with van der Waals surface area (Å²) in [5.74, 6) is 0.519. The van der Waals surface area contributed by atoms with E-state index >= 15 is 0 Å². The predicted molar refractivity (Wildman–Crippen MR) is 90.1 cm³/mol. The van der Waals surface area contributed by atoms with Gasteiger partial charge >= 0.3 is 0 Å². The maximum atomic E-state index is 12.6. The number of amides is 1. The molecule has 3 rings (SSSR count). The zero-order valence-electron chi connectivity index (χ0n) is 14.4. The van der Waals surface area contributed by atoms with Crippen LogP contribution in [0.3, 0.4) is 0 Å². The lowest BCUT2D eigenvalue weighted by Crippen LogP contribution is -2.49. The van der Waals surface area contributed by atoms with Crippen molar-refractivity contribution in [3.8, 4) is 0 Å². The van der Waals surface area contributed by atoms with E-state index in [0.29, 0.717) is 25.0 Å². The molecule has 1 N–H and O–H groups in total. The van der Waals surface area contributed by atoms with Gasteiger partial charge in [-0.15, -0.1) is 0 Å². The zero-order valence-corrected chi connectivity index (χ0v) is 14.4. The minimum atomic E-state index is -0.278. The highest BCUT2D eigenvalue weighted by molar-refractivity contribution is 5.94. The summed E-state index contributed by atoms with van der Waals surface area (Å²) >= 11 is 0. The highest BCUT2D eigenvalue weighted by Gasteiger charge is 2.34. The van der Waals surface area contributed by atoms with E-state index in [1.165, 1.54) is 6.07 Å². The van der Waals surface area contributed by atoms with Crippen molar-refractivity contribution in [2.24, 2.45) is 18.9 Å². The fraction of sp³-hybridized carbons (Fsp3) is 0.667. The summed E-state index contributed by atoms with van der Waals surface area (Å²) in [6.07, 6.45) is 4.43. The van der Waals surface area contributed by atoms with Crippen molar-refractivity contribution in [1.82, 2.24) is 9.88 Å². The topological polar surface area (TPSA) is 69.6 Å². The van der Waals surface area contributed by atoms with Crippen LogP contribution in [0.1, 0.15) is 35.3 Å². The highest BCUT2D eigenvalue weighted by atomic mass is 16.5. The Labute approximate surface area is 142 Å². The summed E-state index contributed by atoms with van der Waals surface area (Å²) < 4.78 is 12.9. The fourth-order valence-corrected chi connectivity index (χ4v) is 3.69. The third-order valence-corrected chi connectivity index (χ3v) is 5.32. The molecular formula is C18H26N2O4. The lowest BCUT2D eigenvalue weighted by atomic mass is 9.79. The molecule has 0 saturated carbocycles. The molecule has 0 aromatic carbocycles. The number of carbonyl (C=O) groups excluding carboxylic acids is 1. The number of rotatable bonds is 3. The van der Waals surface area contributed by atoms with Gasteiger partial charge in [0.1, 0.15) is 5.56 Å². The van der Waals surface area contributed by atoms with Gasteiger partial charge < -0.3 is 19.4 Å². The van der Waals surface area contributed by atoms with Crippen LogP contribution < -0.4 is 10.7 Å². The van der Waals surface area contributed by atoms with E-state index in [2.05, 4.69) is 5.32 Å². The van der Waals surface area contributed by atoms with Crippen molar-refractivity contribution >= 4 is 5.91 Å². The molecule has 6 heteroatoms. The quantitative estimate of drug-likeness (QED) is 0.903. The molecule has 2 aliphatic heterocycles. The number of pyridine rings is 1. The molecule has 1 amide bonds. The Kier molecular flexibility index (Phi) is 5.36. The van der Waals surface area contributed by atoms with Crippen LogP contribution >= 0.6 is 0 Å². The van der Waals surface area contributed by atoms with Crippen molar-refractivity contribution in [2.75, 3.05) is 26.4 Å². The average Bonchev–Trinajstić information content (AvgIpc) is 2.59. The molecule has 2 aliphatic rings. The maximum absolute atomic E-state index is 12.6. The van der Waals surface area contributed by atoms with E-state index < -0.39 is 0 Å². The first-order valence-electron chi connectivity index (χ1n) is 8.70. The monoisotopic (exact) mass is 334 g/mol.